The Bertz CT molecular complexity index is 1790. The number of rotatable bonds is 10. The lowest BCUT2D eigenvalue weighted by Crippen LogP contribution is -2.51. The molecule has 260 valence electrons. The van der Waals surface area contributed by atoms with E-state index < -0.39 is 39.8 Å². The zero-order valence-corrected chi connectivity index (χ0v) is 30.6. The Balaban J connectivity index is 1.33. The summed E-state index contributed by atoms with van der Waals surface area (Å²) >= 11 is 7.98. The van der Waals surface area contributed by atoms with Gasteiger partial charge in [-0.3, -0.25) is 0 Å². The monoisotopic (exact) mass is 717 g/mol. The third-order valence-corrected chi connectivity index (χ3v) is 11.6. The summed E-state index contributed by atoms with van der Waals surface area (Å²) < 4.78 is 45.5. The number of thiophene rings is 1. The molecule has 2 aromatic carbocycles. The molecular formula is C35H44ClN3O7S2. The van der Waals surface area contributed by atoms with Crippen molar-refractivity contribution in [2.24, 2.45) is 0 Å². The maximum absolute atomic E-state index is 13.5. The fraction of sp³-hybridized carbons (Fsp3) is 0.486. The Morgan fingerprint density at radius 3 is 2.38 bits per heavy atom. The molecule has 1 spiro atoms. The van der Waals surface area contributed by atoms with Crippen molar-refractivity contribution in [3.8, 4) is 16.2 Å². The molecule has 0 unspecified atom stereocenters. The highest BCUT2D eigenvalue weighted by Gasteiger charge is 2.55. The molecule has 1 atom stereocenters. The Hall–Kier alpha value is -3.32. The van der Waals surface area contributed by atoms with E-state index in [-0.39, 0.29) is 33.0 Å². The largest absolute Gasteiger partial charge is 0.479 e. The van der Waals surface area contributed by atoms with Crippen molar-refractivity contribution in [3.63, 3.8) is 0 Å². The number of hydrogen-bond acceptors (Lipinski definition) is 10. The lowest BCUT2D eigenvalue weighted by atomic mass is 9.97. The lowest BCUT2D eigenvalue weighted by molar-refractivity contribution is -0.157. The molecule has 3 aromatic rings. The van der Waals surface area contributed by atoms with Crippen molar-refractivity contribution in [1.29, 1.82) is 0 Å². The second-order valence-electron chi connectivity index (χ2n) is 14.5. The Morgan fingerprint density at radius 2 is 1.73 bits per heavy atom. The first-order valence-corrected chi connectivity index (χ1v) is 18.8. The van der Waals surface area contributed by atoms with Gasteiger partial charge in [-0.15, -0.1) is 11.3 Å². The molecule has 1 aromatic heterocycles. The predicted octanol–water partition coefficient (Wildman–Crippen LogP) is 7.27. The van der Waals surface area contributed by atoms with Gasteiger partial charge in [0.05, 0.1) is 10.6 Å². The number of esters is 2. The number of piperidine rings is 1. The smallest absolute Gasteiger partial charge is 0.352 e. The average molecular weight is 718 g/mol. The van der Waals surface area contributed by atoms with Crippen LogP contribution in [-0.4, -0.2) is 60.6 Å². The minimum absolute atomic E-state index is 0.0606. The van der Waals surface area contributed by atoms with Crippen LogP contribution in [0.4, 0.5) is 11.4 Å². The molecule has 0 radical (unpaired) electrons. The number of nitrogen functional groups attached to an aromatic ring is 1. The van der Waals surface area contributed by atoms with E-state index in [9.17, 15) is 18.0 Å². The van der Waals surface area contributed by atoms with Crippen LogP contribution in [-0.2, 0) is 30.0 Å². The molecule has 2 aliphatic rings. The van der Waals surface area contributed by atoms with E-state index in [1.165, 1.54) is 0 Å². The molecule has 48 heavy (non-hydrogen) atoms. The molecule has 0 bridgehead atoms. The summed E-state index contributed by atoms with van der Waals surface area (Å²) in [6.45, 7) is 10.6. The highest BCUT2D eigenvalue weighted by atomic mass is 35.5. The number of anilines is 2. The fourth-order valence-electron chi connectivity index (χ4n) is 5.96. The summed E-state index contributed by atoms with van der Waals surface area (Å²) in [5.74, 6) is -1.21. The summed E-state index contributed by atoms with van der Waals surface area (Å²) in [5.41, 5.74) is 6.85. The molecule has 0 amide bonds. The van der Waals surface area contributed by atoms with Gasteiger partial charge in [-0.2, -0.15) is 4.31 Å². The molecule has 1 aliphatic carbocycles. The third kappa shape index (κ3) is 8.82. The van der Waals surface area contributed by atoms with Crippen molar-refractivity contribution in [3.05, 3.63) is 64.0 Å². The standard InChI is InChI=1S/C35H44ClN3O7S2/c1-33(2,3)45-27(40)20-44-29-28(36)30(47-31(29)32(41)46-34(4,5)6)23-10-8-12-25(18-23)38-26-13-16-39(35(19-26)14-15-35)48(42,43)21-22-9-7-11-24(37)17-22/h7-12,17-18,26,38H,13-16,19-21,37H2,1-6H3/t26-/m1/s1. The zero-order chi connectivity index (χ0) is 35.1. The van der Waals surface area contributed by atoms with Gasteiger partial charge in [0.25, 0.3) is 0 Å². The minimum Gasteiger partial charge on any atom is -0.479 e. The molecule has 1 saturated carbocycles. The van der Waals surface area contributed by atoms with Gasteiger partial charge in [-0.1, -0.05) is 35.9 Å². The maximum atomic E-state index is 13.5. The molecule has 3 N–H and O–H groups in total. The number of nitrogens with one attached hydrogen (secondary N) is 1. The first-order chi connectivity index (χ1) is 22.3. The first-order valence-electron chi connectivity index (χ1n) is 16.0. The average Bonchev–Trinajstić information content (AvgIpc) is 3.61. The Kier molecular flexibility index (Phi) is 10.1. The minimum atomic E-state index is -3.52. The van der Waals surface area contributed by atoms with E-state index in [0.717, 1.165) is 35.4 Å². The molecule has 13 heteroatoms. The number of hydrogen-bond donors (Lipinski definition) is 2. The van der Waals surface area contributed by atoms with Crippen LogP contribution in [0.3, 0.4) is 0 Å². The predicted molar refractivity (Wildman–Crippen MR) is 190 cm³/mol. The van der Waals surface area contributed by atoms with Gasteiger partial charge in [-0.05, 0) is 103 Å². The van der Waals surface area contributed by atoms with Crippen molar-refractivity contribution in [1.82, 2.24) is 4.31 Å². The number of sulfonamides is 1. The topological polar surface area (TPSA) is 137 Å². The summed E-state index contributed by atoms with van der Waals surface area (Å²) in [6.07, 6.45) is 2.99. The van der Waals surface area contributed by atoms with Gasteiger partial charge in [0, 0.05) is 29.5 Å². The summed E-state index contributed by atoms with van der Waals surface area (Å²) in [6, 6.07) is 14.7. The van der Waals surface area contributed by atoms with Crippen molar-refractivity contribution in [2.75, 3.05) is 24.2 Å². The molecule has 2 heterocycles. The molecule has 5 rings (SSSR count). The first kappa shape index (κ1) is 36.0. The van der Waals surface area contributed by atoms with Crippen LogP contribution in [0.1, 0.15) is 82.5 Å². The van der Waals surface area contributed by atoms with Gasteiger partial charge < -0.3 is 25.3 Å². The number of ether oxygens (including phenoxy) is 3. The van der Waals surface area contributed by atoms with Crippen LogP contribution in [0, 0.1) is 0 Å². The van der Waals surface area contributed by atoms with Gasteiger partial charge in [0.2, 0.25) is 10.0 Å². The molecular weight excluding hydrogens is 674 g/mol. The Morgan fingerprint density at radius 1 is 1.04 bits per heavy atom. The van der Waals surface area contributed by atoms with Crippen LogP contribution in [0.25, 0.3) is 10.4 Å². The molecule has 1 aliphatic heterocycles. The van der Waals surface area contributed by atoms with Gasteiger partial charge in [0.1, 0.15) is 16.2 Å². The quantitative estimate of drug-likeness (QED) is 0.164. The highest BCUT2D eigenvalue weighted by Crippen LogP contribution is 2.51. The van der Waals surface area contributed by atoms with E-state index in [1.54, 1.807) is 70.1 Å². The summed E-state index contributed by atoms with van der Waals surface area (Å²) in [5, 5.41) is 3.80. The molecule has 10 nitrogen and oxygen atoms in total. The van der Waals surface area contributed by atoms with Crippen LogP contribution in [0.5, 0.6) is 5.75 Å². The van der Waals surface area contributed by atoms with E-state index >= 15 is 0 Å². The van der Waals surface area contributed by atoms with Crippen molar-refractivity contribution < 1.29 is 32.2 Å². The number of carbonyl (C=O) groups excluding carboxylic acids is 2. The Labute approximate surface area is 291 Å². The van der Waals surface area contributed by atoms with Crippen LogP contribution >= 0.6 is 22.9 Å². The van der Waals surface area contributed by atoms with Gasteiger partial charge >= 0.3 is 11.9 Å². The fourth-order valence-corrected chi connectivity index (χ4v) is 9.38. The number of nitrogens with zero attached hydrogens (tertiary/aromatic N) is 1. The summed E-state index contributed by atoms with van der Waals surface area (Å²) in [4.78, 5) is 26.4. The van der Waals surface area contributed by atoms with E-state index in [1.807, 2.05) is 24.3 Å². The second-order valence-corrected chi connectivity index (χ2v) is 17.8. The van der Waals surface area contributed by atoms with E-state index in [2.05, 4.69) is 5.32 Å². The van der Waals surface area contributed by atoms with Crippen molar-refractivity contribution >= 4 is 56.3 Å². The van der Waals surface area contributed by atoms with Crippen molar-refractivity contribution in [2.45, 2.75) is 95.8 Å². The molecule has 1 saturated heterocycles. The van der Waals surface area contributed by atoms with Crippen LogP contribution < -0.4 is 15.8 Å². The van der Waals surface area contributed by atoms with Gasteiger partial charge in [-0.25, -0.2) is 18.0 Å². The van der Waals surface area contributed by atoms with Crippen LogP contribution in [0.2, 0.25) is 5.02 Å². The lowest BCUT2D eigenvalue weighted by Gasteiger charge is -2.39. The van der Waals surface area contributed by atoms with Crippen LogP contribution in [0.15, 0.2) is 48.5 Å². The zero-order valence-electron chi connectivity index (χ0n) is 28.2. The molecule has 2 fully saturated rings. The summed E-state index contributed by atoms with van der Waals surface area (Å²) in [7, 11) is -3.52. The number of nitrogens with two attached hydrogens (primary N) is 1. The normalized spacial score (nSPS) is 17.9. The second kappa shape index (κ2) is 13.5. The van der Waals surface area contributed by atoms with Gasteiger partial charge in [0.15, 0.2) is 17.2 Å². The van der Waals surface area contributed by atoms with E-state index in [0.29, 0.717) is 35.5 Å². The number of carbonyl (C=O) groups is 2. The highest BCUT2D eigenvalue weighted by molar-refractivity contribution is 7.88. The van der Waals surface area contributed by atoms with E-state index in [4.69, 9.17) is 31.5 Å². The number of halogens is 1. The maximum Gasteiger partial charge on any atom is 0.352 e. The SMILES string of the molecule is CC(C)(C)OC(=O)COc1c(C(=O)OC(C)(C)C)sc(-c2cccc(N[C@@H]3CCN(S(=O)(=O)Cc4cccc(N)c4)C4(CC4)C3)c2)c1Cl. The number of benzene rings is 2. The third-order valence-electron chi connectivity index (χ3n) is 7.94.